The highest BCUT2D eigenvalue weighted by Crippen LogP contribution is 2.33. The topological polar surface area (TPSA) is 76.5 Å². The number of rotatable bonds is 6. The minimum atomic E-state index is -0.261. The molecule has 4 rings (SSSR count). The molecule has 3 aromatic rings. The molecule has 0 bridgehead atoms. The molecule has 2 heterocycles. The summed E-state index contributed by atoms with van der Waals surface area (Å²) >= 11 is 0. The summed E-state index contributed by atoms with van der Waals surface area (Å²) < 4.78 is 7.33. The van der Waals surface area contributed by atoms with Crippen molar-refractivity contribution < 1.29 is 14.3 Å². The summed E-state index contributed by atoms with van der Waals surface area (Å²) in [4.78, 5) is 26.3. The van der Waals surface area contributed by atoms with Crippen LogP contribution in [0, 0.1) is 13.8 Å². The standard InChI is InChI=1S/C25H26N4O3/c1-17-21(18(2)29(27-17)20-8-5-4-6-9-20)12-14-24(30)26-19-11-13-22(23(16-19)32-3)28-15-7-10-25(28)31/h4-6,8-9,11-14,16H,7,10,15H2,1-3H3,(H,26,30)/b14-12+. The number of carbonyl (C=O) groups excluding carboxylic acids is 2. The summed E-state index contributed by atoms with van der Waals surface area (Å²) in [5.74, 6) is 0.381. The molecule has 32 heavy (non-hydrogen) atoms. The Hall–Kier alpha value is -3.87. The van der Waals surface area contributed by atoms with E-state index in [2.05, 4.69) is 10.4 Å². The van der Waals surface area contributed by atoms with Gasteiger partial charge in [-0.3, -0.25) is 9.59 Å². The third-order valence-corrected chi connectivity index (χ3v) is 5.56. The third kappa shape index (κ3) is 4.27. The highest BCUT2D eigenvalue weighted by Gasteiger charge is 2.24. The van der Waals surface area contributed by atoms with Crippen LogP contribution in [0.4, 0.5) is 11.4 Å². The van der Waals surface area contributed by atoms with Gasteiger partial charge in [0.15, 0.2) is 0 Å². The Morgan fingerprint density at radius 2 is 1.94 bits per heavy atom. The second-order valence-corrected chi connectivity index (χ2v) is 7.69. The lowest BCUT2D eigenvalue weighted by atomic mass is 10.1. The number of anilines is 2. The molecule has 2 aromatic carbocycles. The average molecular weight is 431 g/mol. The van der Waals surface area contributed by atoms with Crippen LogP contribution >= 0.6 is 0 Å². The van der Waals surface area contributed by atoms with Crippen molar-refractivity contribution in [2.75, 3.05) is 23.9 Å². The number of aromatic nitrogens is 2. The Kier molecular flexibility index (Phi) is 6.07. The van der Waals surface area contributed by atoms with Gasteiger partial charge in [0.1, 0.15) is 5.75 Å². The van der Waals surface area contributed by atoms with E-state index in [1.165, 1.54) is 6.08 Å². The average Bonchev–Trinajstić information content (AvgIpc) is 3.35. The summed E-state index contributed by atoms with van der Waals surface area (Å²) in [6.07, 6.45) is 4.66. The van der Waals surface area contributed by atoms with Crippen molar-refractivity contribution in [3.05, 3.63) is 71.6 Å². The van der Waals surface area contributed by atoms with Gasteiger partial charge in [0.05, 0.1) is 24.2 Å². The number of nitrogens with zero attached hydrogens (tertiary/aromatic N) is 3. The molecule has 1 aliphatic heterocycles. The van der Waals surface area contributed by atoms with Crippen molar-refractivity contribution >= 4 is 29.3 Å². The number of hydrogen-bond acceptors (Lipinski definition) is 4. The minimum absolute atomic E-state index is 0.0878. The predicted octanol–water partition coefficient (Wildman–Crippen LogP) is 4.28. The zero-order valence-corrected chi connectivity index (χ0v) is 18.5. The predicted molar refractivity (Wildman–Crippen MR) is 125 cm³/mol. The van der Waals surface area contributed by atoms with E-state index >= 15 is 0 Å². The van der Waals surface area contributed by atoms with E-state index < -0.39 is 0 Å². The molecular weight excluding hydrogens is 404 g/mol. The Morgan fingerprint density at radius 3 is 2.62 bits per heavy atom. The quantitative estimate of drug-likeness (QED) is 0.593. The fourth-order valence-electron chi connectivity index (χ4n) is 3.94. The number of benzene rings is 2. The van der Waals surface area contributed by atoms with Gasteiger partial charge in [0.25, 0.3) is 0 Å². The minimum Gasteiger partial charge on any atom is -0.494 e. The molecular formula is C25H26N4O3. The molecule has 1 aliphatic rings. The van der Waals surface area contributed by atoms with Crippen molar-refractivity contribution in [2.24, 2.45) is 0 Å². The number of aryl methyl sites for hydroxylation is 1. The summed E-state index contributed by atoms with van der Waals surface area (Å²) in [6, 6.07) is 15.2. The molecule has 0 spiro atoms. The van der Waals surface area contributed by atoms with Crippen LogP contribution in [-0.2, 0) is 9.59 Å². The summed E-state index contributed by atoms with van der Waals surface area (Å²) in [7, 11) is 1.56. The van der Waals surface area contributed by atoms with Crippen molar-refractivity contribution in [3.8, 4) is 11.4 Å². The molecule has 1 fully saturated rings. The van der Waals surface area contributed by atoms with Gasteiger partial charge in [-0.15, -0.1) is 0 Å². The van der Waals surface area contributed by atoms with Crippen LogP contribution in [0.3, 0.4) is 0 Å². The van der Waals surface area contributed by atoms with Gasteiger partial charge >= 0.3 is 0 Å². The zero-order valence-electron chi connectivity index (χ0n) is 18.5. The van der Waals surface area contributed by atoms with Gasteiger partial charge in [0.2, 0.25) is 11.8 Å². The molecule has 7 nitrogen and oxygen atoms in total. The van der Waals surface area contributed by atoms with Crippen molar-refractivity contribution in [1.29, 1.82) is 0 Å². The Morgan fingerprint density at radius 1 is 1.16 bits per heavy atom. The van der Waals surface area contributed by atoms with Crippen LogP contribution < -0.4 is 15.0 Å². The molecule has 0 aliphatic carbocycles. The first-order valence-electron chi connectivity index (χ1n) is 10.6. The fraction of sp³-hybridized carbons (Fsp3) is 0.240. The van der Waals surface area contributed by atoms with Gasteiger partial charge < -0.3 is 15.0 Å². The van der Waals surface area contributed by atoms with E-state index in [4.69, 9.17) is 4.74 Å². The molecule has 2 amide bonds. The van der Waals surface area contributed by atoms with Crippen molar-refractivity contribution in [2.45, 2.75) is 26.7 Å². The SMILES string of the molecule is COc1cc(NC(=O)/C=C/c2c(C)nn(-c3ccccc3)c2C)ccc1N1CCCC1=O. The van der Waals surface area contributed by atoms with Crippen LogP contribution in [0.15, 0.2) is 54.6 Å². The van der Waals surface area contributed by atoms with E-state index in [1.807, 2.05) is 48.9 Å². The molecule has 1 N–H and O–H groups in total. The number of hydrogen-bond donors (Lipinski definition) is 1. The number of para-hydroxylation sites is 1. The lowest BCUT2D eigenvalue weighted by Crippen LogP contribution is -2.24. The molecule has 0 saturated carbocycles. The van der Waals surface area contributed by atoms with Crippen LogP contribution in [0.5, 0.6) is 5.75 Å². The third-order valence-electron chi connectivity index (χ3n) is 5.56. The molecule has 0 radical (unpaired) electrons. The van der Waals surface area contributed by atoms with Crippen LogP contribution in [0.25, 0.3) is 11.8 Å². The van der Waals surface area contributed by atoms with Crippen LogP contribution in [0.1, 0.15) is 29.8 Å². The lowest BCUT2D eigenvalue weighted by Gasteiger charge is -2.19. The Balaban J connectivity index is 1.49. The Bertz CT molecular complexity index is 1180. The molecule has 1 aromatic heterocycles. The van der Waals surface area contributed by atoms with E-state index in [9.17, 15) is 9.59 Å². The number of ether oxygens (including phenoxy) is 1. The molecule has 164 valence electrons. The maximum Gasteiger partial charge on any atom is 0.248 e. The maximum atomic E-state index is 12.5. The first kappa shape index (κ1) is 21.4. The van der Waals surface area contributed by atoms with E-state index in [0.29, 0.717) is 24.4 Å². The molecule has 7 heteroatoms. The number of amides is 2. The van der Waals surface area contributed by atoms with Crippen molar-refractivity contribution in [1.82, 2.24) is 9.78 Å². The smallest absolute Gasteiger partial charge is 0.248 e. The number of nitrogens with one attached hydrogen (secondary N) is 1. The van der Waals surface area contributed by atoms with Gasteiger partial charge in [-0.2, -0.15) is 5.10 Å². The molecule has 0 atom stereocenters. The number of methoxy groups -OCH3 is 1. The Labute approximate surface area is 187 Å². The van der Waals surface area contributed by atoms with Crippen molar-refractivity contribution in [3.63, 3.8) is 0 Å². The largest absolute Gasteiger partial charge is 0.494 e. The summed E-state index contributed by atoms with van der Waals surface area (Å²) in [5, 5.41) is 7.46. The highest BCUT2D eigenvalue weighted by molar-refractivity contribution is 6.03. The van der Waals surface area contributed by atoms with Gasteiger partial charge in [-0.05, 0) is 50.6 Å². The first-order chi connectivity index (χ1) is 15.5. The van der Waals surface area contributed by atoms with Gasteiger partial charge in [-0.25, -0.2) is 4.68 Å². The number of carbonyl (C=O) groups is 2. The van der Waals surface area contributed by atoms with Gasteiger partial charge in [-0.1, -0.05) is 18.2 Å². The van der Waals surface area contributed by atoms with Crippen LogP contribution in [0.2, 0.25) is 0 Å². The van der Waals surface area contributed by atoms with Crippen LogP contribution in [-0.4, -0.2) is 35.2 Å². The first-order valence-corrected chi connectivity index (χ1v) is 10.6. The lowest BCUT2D eigenvalue weighted by molar-refractivity contribution is -0.117. The normalized spacial score (nSPS) is 13.7. The second-order valence-electron chi connectivity index (χ2n) is 7.69. The zero-order chi connectivity index (χ0) is 22.7. The summed E-state index contributed by atoms with van der Waals surface area (Å²) in [6.45, 7) is 4.58. The molecule has 0 unspecified atom stereocenters. The maximum absolute atomic E-state index is 12.5. The highest BCUT2D eigenvalue weighted by atomic mass is 16.5. The van der Waals surface area contributed by atoms with Gasteiger partial charge in [0, 0.05) is 42.1 Å². The monoisotopic (exact) mass is 430 g/mol. The molecule has 1 saturated heterocycles. The van der Waals surface area contributed by atoms with E-state index in [1.54, 1.807) is 36.3 Å². The van der Waals surface area contributed by atoms with E-state index in [0.717, 1.165) is 34.7 Å². The van der Waals surface area contributed by atoms with E-state index in [-0.39, 0.29) is 11.8 Å². The fourth-order valence-corrected chi connectivity index (χ4v) is 3.94. The summed E-state index contributed by atoms with van der Waals surface area (Å²) in [5.41, 5.74) is 5.00. The second kappa shape index (κ2) is 9.09.